The molecule has 0 bridgehead atoms. The van der Waals surface area contributed by atoms with E-state index < -0.39 is 21.9 Å². The molecule has 0 spiro atoms. The van der Waals surface area contributed by atoms with Crippen molar-refractivity contribution in [3.05, 3.63) is 95.3 Å². The number of nitrogens with one attached hydrogen (secondary N) is 2. The van der Waals surface area contributed by atoms with Gasteiger partial charge in [0.25, 0.3) is 21.8 Å². The Hall–Kier alpha value is -4.05. The second-order valence-corrected chi connectivity index (χ2v) is 8.63. The van der Waals surface area contributed by atoms with Crippen LogP contribution in [0, 0.1) is 0 Å². The van der Waals surface area contributed by atoms with Gasteiger partial charge in [-0.2, -0.15) is 0 Å². The summed E-state index contributed by atoms with van der Waals surface area (Å²) in [5.74, 6) is -1.69. The van der Waals surface area contributed by atoms with Gasteiger partial charge in [0.05, 0.1) is 16.2 Å². The van der Waals surface area contributed by atoms with Gasteiger partial charge in [-0.3, -0.25) is 19.4 Å². The molecule has 33 heavy (non-hydrogen) atoms. The van der Waals surface area contributed by atoms with Gasteiger partial charge in [-0.1, -0.05) is 30.3 Å². The van der Waals surface area contributed by atoms with E-state index in [9.17, 15) is 22.8 Å². The lowest BCUT2D eigenvalue weighted by Gasteiger charge is -2.09. The number of nitrogens with zero attached hydrogens (tertiary/aromatic N) is 1. The predicted octanol–water partition coefficient (Wildman–Crippen LogP) is 2.19. The van der Waals surface area contributed by atoms with Crippen LogP contribution < -0.4 is 10.0 Å². The molecule has 2 aromatic carbocycles. The molecule has 0 saturated carbocycles. The summed E-state index contributed by atoms with van der Waals surface area (Å²) in [5, 5.41) is 2.75. The van der Waals surface area contributed by atoms with Crippen molar-refractivity contribution in [1.82, 2.24) is 15.0 Å². The molecule has 0 aliphatic rings. The highest BCUT2D eigenvalue weighted by atomic mass is 32.2. The molecule has 3 rings (SSSR count). The number of aromatic nitrogens is 1. The van der Waals surface area contributed by atoms with E-state index in [0.29, 0.717) is 12.2 Å². The summed E-state index contributed by atoms with van der Waals surface area (Å²) in [6.45, 7) is 1.54. The smallest absolute Gasteiger partial charge is 0.303 e. The Morgan fingerprint density at radius 1 is 0.879 bits per heavy atom. The van der Waals surface area contributed by atoms with Gasteiger partial charge in [0.2, 0.25) is 0 Å². The number of rotatable bonds is 8. The first-order valence-corrected chi connectivity index (χ1v) is 11.3. The van der Waals surface area contributed by atoms with Gasteiger partial charge in [0.1, 0.15) is 6.61 Å². The molecule has 0 radical (unpaired) electrons. The third-order valence-corrected chi connectivity index (χ3v) is 5.81. The molecule has 0 saturated heterocycles. The number of pyridine rings is 1. The number of hydrogen-bond donors (Lipinski definition) is 2. The molecule has 1 aromatic heterocycles. The minimum absolute atomic E-state index is 0.0158. The number of carbonyl (C=O) groups is 3. The van der Waals surface area contributed by atoms with Crippen LogP contribution in [-0.4, -0.2) is 31.2 Å². The van der Waals surface area contributed by atoms with Crippen LogP contribution in [0.2, 0.25) is 0 Å². The molecule has 3 aromatic rings. The zero-order valence-corrected chi connectivity index (χ0v) is 18.5. The topological polar surface area (TPSA) is 132 Å². The van der Waals surface area contributed by atoms with Crippen LogP contribution in [0.3, 0.4) is 0 Å². The van der Waals surface area contributed by atoms with Crippen molar-refractivity contribution in [2.75, 3.05) is 0 Å². The highest BCUT2D eigenvalue weighted by molar-refractivity contribution is 7.90. The maximum atomic E-state index is 12.5. The van der Waals surface area contributed by atoms with E-state index in [0.717, 1.165) is 5.56 Å². The van der Waals surface area contributed by atoms with Gasteiger partial charge in [-0.25, -0.2) is 13.1 Å². The molecule has 10 heteroatoms. The van der Waals surface area contributed by atoms with E-state index in [1.165, 1.54) is 49.5 Å². The van der Waals surface area contributed by atoms with Crippen LogP contribution >= 0.6 is 0 Å². The van der Waals surface area contributed by atoms with Crippen molar-refractivity contribution < 1.29 is 27.5 Å². The molecule has 0 unspecified atom stereocenters. The molecule has 1 heterocycles. The second-order valence-electron chi connectivity index (χ2n) is 6.95. The van der Waals surface area contributed by atoms with Crippen molar-refractivity contribution >= 4 is 27.8 Å². The summed E-state index contributed by atoms with van der Waals surface area (Å²) >= 11 is 0. The maximum Gasteiger partial charge on any atom is 0.303 e. The van der Waals surface area contributed by atoms with Gasteiger partial charge >= 0.3 is 5.97 Å². The lowest BCUT2D eigenvalue weighted by atomic mass is 10.2. The number of sulfonamides is 1. The average Bonchev–Trinajstić information content (AvgIpc) is 2.82. The van der Waals surface area contributed by atoms with Gasteiger partial charge in [0.15, 0.2) is 0 Å². The Kier molecular flexibility index (Phi) is 7.52. The molecular weight excluding hydrogens is 446 g/mol. The van der Waals surface area contributed by atoms with Crippen molar-refractivity contribution in [3.8, 4) is 0 Å². The molecule has 170 valence electrons. The third kappa shape index (κ3) is 6.71. The van der Waals surface area contributed by atoms with Gasteiger partial charge in [0, 0.05) is 25.2 Å². The Morgan fingerprint density at radius 2 is 1.55 bits per heavy atom. The molecule has 2 N–H and O–H groups in total. The molecule has 0 fully saturated rings. The lowest BCUT2D eigenvalue weighted by Crippen LogP contribution is -2.30. The number of amides is 2. The predicted molar refractivity (Wildman–Crippen MR) is 118 cm³/mol. The average molecular weight is 468 g/mol. The van der Waals surface area contributed by atoms with Crippen LogP contribution in [0.4, 0.5) is 0 Å². The summed E-state index contributed by atoms with van der Waals surface area (Å²) in [5.41, 5.74) is 1.64. The quantitative estimate of drug-likeness (QED) is 0.486. The summed E-state index contributed by atoms with van der Waals surface area (Å²) in [4.78, 5) is 39.2. The first-order chi connectivity index (χ1) is 15.7. The van der Waals surface area contributed by atoms with Gasteiger partial charge in [-0.05, 0) is 42.0 Å². The number of hydrogen-bond acceptors (Lipinski definition) is 7. The van der Waals surface area contributed by atoms with Crippen molar-refractivity contribution in [3.63, 3.8) is 0 Å². The Labute approximate surface area is 190 Å². The largest absolute Gasteiger partial charge is 0.459 e. The molecule has 0 atom stereocenters. The fourth-order valence-electron chi connectivity index (χ4n) is 2.73. The van der Waals surface area contributed by atoms with Crippen molar-refractivity contribution in [2.45, 2.75) is 25.0 Å². The second kappa shape index (κ2) is 10.5. The first-order valence-electron chi connectivity index (χ1n) is 9.82. The van der Waals surface area contributed by atoms with E-state index in [1.54, 1.807) is 0 Å². The van der Waals surface area contributed by atoms with Crippen LogP contribution in [0.5, 0.6) is 0 Å². The van der Waals surface area contributed by atoms with Crippen LogP contribution in [0.25, 0.3) is 0 Å². The SMILES string of the molecule is CC(=O)OCc1ccc(C(=O)NS(=O)(=O)c2ccc(C(=O)NCc3ccccc3)cc2)cn1. The monoisotopic (exact) mass is 467 g/mol. The van der Waals surface area contributed by atoms with E-state index in [1.807, 2.05) is 35.1 Å². The number of carbonyl (C=O) groups excluding carboxylic acids is 3. The normalized spacial score (nSPS) is 10.8. The van der Waals surface area contributed by atoms with E-state index in [4.69, 9.17) is 4.74 Å². The zero-order chi connectivity index (χ0) is 23.8. The standard InChI is InChI=1S/C23H21N3O6S/c1-16(27)32-15-20-10-7-19(14-24-20)23(29)26-33(30,31)21-11-8-18(9-12-21)22(28)25-13-17-5-3-2-4-6-17/h2-12,14H,13,15H2,1H3,(H,25,28)(H,26,29). The minimum atomic E-state index is -4.17. The zero-order valence-electron chi connectivity index (χ0n) is 17.6. The van der Waals surface area contributed by atoms with E-state index in [2.05, 4.69) is 10.3 Å². The Bertz CT molecular complexity index is 1240. The highest BCUT2D eigenvalue weighted by Crippen LogP contribution is 2.12. The molecule has 2 amide bonds. The van der Waals surface area contributed by atoms with E-state index >= 15 is 0 Å². The van der Waals surface area contributed by atoms with Crippen molar-refractivity contribution in [2.24, 2.45) is 0 Å². The number of benzene rings is 2. The maximum absolute atomic E-state index is 12.5. The van der Waals surface area contributed by atoms with Gasteiger partial charge < -0.3 is 10.1 Å². The fourth-order valence-corrected chi connectivity index (χ4v) is 3.70. The molecule has 0 aliphatic heterocycles. The Balaban J connectivity index is 1.61. The van der Waals surface area contributed by atoms with Crippen LogP contribution in [-0.2, 0) is 32.7 Å². The van der Waals surface area contributed by atoms with Gasteiger partial charge in [-0.15, -0.1) is 0 Å². The van der Waals surface area contributed by atoms with Crippen LogP contribution in [0.1, 0.15) is 38.9 Å². The molecular formula is C23H21N3O6S. The summed E-state index contributed by atoms with van der Waals surface area (Å²) < 4.78 is 31.8. The fraction of sp³-hybridized carbons (Fsp3) is 0.130. The lowest BCUT2D eigenvalue weighted by molar-refractivity contribution is -0.142. The minimum Gasteiger partial charge on any atom is -0.459 e. The molecule has 9 nitrogen and oxygen atoms in total. The summed E-state index contributed by atoms with van der Waals surface area (Å²) in [6.07, 6.45) is 1.18. The highest BCUT2D eigenvalue weighted by Gasteiger charge is 2.19. The summed E-state index contributed by atoms with van der Waals surface area (Å²) in [7, 11) is -4.17. The molecule has 0 aliphatic carbocycles. The third-order valence-electron chi connectivity index (χ3n) is 4.46. The summed E-state index contributed by atoms with van der Waals surface area (Å²) in [6, 6.07) is 17.4. The van der Waals surface area contributed by atoms with Crippen LogP contribution in [0.15, 0.2) is 77.8 Å². The first kappa shape index (κ1) is 23.6. The number of ether oxygens (including phenoxy) is 1. The van der Waals surface area contributed by atoms with Crippen molar-refractivity contribution in [1.29, 1.82) is 0 Å². The van der Waals surface area contributed by atoms with E-state index in [-0.39, 0.29) is 28.5 Å². The number of esters is 1. The Morgan fingerprint density at radius 3 is 2.15 bits per heavy atom.